The van der Waals surface area contributed by atoms with Crippen molar-refractivity contribution >= 4 is 18.1 Å². The molecule has 2 heterocycles. The molecular formula is C21H17NO4. The number of rotatable bonds is 3. The fraction of sp³-hybridized carbons (Fsp3) is 0.143. The van der Waals surface area contributed by atoms with Crippen molar-refractivity contribution in [2.24, 2.45) is 0 Å². The lowest BCUT2D eigenvalue weighted by Gasteiger charge is -2.34. The van der Waals surface area contributed by atoms with E-state index in [9.17, 15) is 9.59 Å². The maximum absolute atomic E-state index is 12.7. The van der Waals surface area contributed by atoms with Gasteiger partial charge in [-0.3, -0.25) is 4.90 Å². The first-order chi connectivity index (χ1) is 12.7. The number of esters is 1. The summed E-state index contributed by atoms with van der Waals surface area (Å²) in [6.07, 6.45) is 5.58. The number of fused-ring (bicyclic) bond motifs is 1. The fourth-order valence-electron chi connectivity index (χ4n) is 3.19. The molecule has 0 aromatic heterocycles. The van der Waals surface area contributed by atoms with E-state index in [1.807, 2.05) is 60.7 Å². The second-order valence-corrected chi connectivity index (χ2v) is 6.10. The van der Waals surface area contributed by atoms with Crippen molar-refractivity contribution in [3.05, 3.63) is 89.6 Å². The highest BCUT2D eigenvalue weighted by Gasteiger charge is 2.37. The van der Waals surface area contributed by atoms with Gasteiger partial charge in [-0.25, -0.2) is 9.59 Å². The lowest BCUT2D eigenvalue weighted by molar-refractivity contribution is -0.140. The van der Waals surface area contributed by atoms with Gasteiger partial charge in [-0.15, -0.1) is 0 Å². The van der Waals surface area contributed by atoms with Crippen molar-refractivity contribution in [3.8, 4) is 0 Å². The van der Waals surface area contributed by atoms with Gasteiger partial charge in [0, 0.05) is 12.3 Å². The van der Waals surface area contributed by atoms with Crippen LogP contribution in [0.3, 0.4) is 0 Å². The number of cyclic esters (lactones) is 1. The molecule has 2 aromatic carbocycles. The highest BCUT2D eigenvalue weighted by Crippen LogP contribution is 2.36. The standard InChI is InChI=1S/C21H17NO4/c23-19-11-10-18(26-19)20-17-9-5-4-8-16(17)12-13-22(20)21(24)25-14-15-6-2-1-3-7-15/h1-13,18,20H,14H2/t18-,20-/m0/s1. The summed E-state index contributed by atoms with van der Waals surface area (Å²) in [6, 6.07) is 16.8. The van der Waals surface area contributed by atoms with E-state index in [2.05, 4.69) is 0 Å². The van der Waals surface area contributed by atoms with Crippen LogP contribution < -0.4 is 0 Å². The van der Waals surface area contributed by atoms with Gasteiger partial charge in [0.15, 0.2) is 0 Å². The topological polar surface area (TPSA) is 55.8 Å². The van der Waals surface area contributed by atoms with Crippen LogP contribution in [0, 0.1) is 0 Å². The quantitative estimate of drug-likeness (QED) is 0.792. The van der Waals surface area contributed by atoms with E-state index < -0.39 is 24.2 Å². The number of carbonyl (C=O) groups excluding carboxylic acids is 2. The van der Waals surface area contributed by atoms with E-state index in [4.69, 9.17) is 9.47 Å². The Morgan fingerprint density at radius 1 is 1.04 bits per heavy atom. The maximum atomic E-state index is 12.7. The molecule has 4 rings (SSSR count). The molecule has 2 atom stereocenters. The van der Waals surface area contributed by atoms with Crippen molar-refractivity contribution in [1.29, 1.82) is 0 Å². The minimum Gasteiger partial charge on any atom is -0.452 e. The van der Waals surface area contributed by atoms with E-state index in [-0.39, 0.29) is 6.61 Å². The number of nitrogens with zero attached hydrogens (tertiary/aromatic N) is 1. The summed E-state index contributed by atoms with van der Waals surface area (Å²) in [5.41, 5.74) is 2.81. The monoisotopic (exact) mass is 347 g/mol. The third-order valence-corrected chi connectivity index (χ3v) is 4.43. The van der Waals surface area contributed by atoms with E-state index >= 15 is 0 Å². The predicted octanol–water partition coefficient (Wildman–Crippen LogP) is 3.83. The van der Waals surface area contributed by atoms with Gasteiger partial charge >= 0.3 is 12.1 Å². The Bertz CT molecular complexity index is 888. The number of hydrogen-bond acceptors (Lipinski definition) is 4. The highest BCUT2D eigenvalue weighted by molar-refractivity contribution is 5.85. The van der Waals surface area contributed by atoms with Crippen LogP contribution in [0.15, 0.2) is 72.9 Å². The van der Waals surface area contributed by atoms with Crippen LogP contribution in [-0.2, 0) is 20.9 Å². The third-order valence-electron chi connectivity index (χ3n) is 4.43. The molecule has 0 N–H and O–H groups in total. The molecule has 0 bridgehead atoms. The van der Waals surface area contributed by atoms with Crippen LogP contribution in [0.5, 0.6) is 0 Å². The number of carbonyl (C=O) groups is 2. The molecule has 0 saturated carbocycles. The van der Waals surface area contributed by atoms with E-state index in [1.165, 1.54) is 11.0 Å². The number of amides is 1. The lowest BCUT2D eigenvalue weighted by Crippen LogP contribution is -2.39. The first-order valence-electron chi connectivity index (χ1n) is 8.37. The molecule has 0 radical (unpaired) electrons. The van der Waals surface area contributed by atoms with Crippen LogP contribution in [0.4, 0.5) is 4.79 Å². The zero-order valence-corrected chi connectivity index (χ0v) is 13.9. The molecule has 2 aliphatic rings. The van der Waals surface area contributed by atoms with Crippen molar-refractivity contribution in [3.63, 3.8) is 0 Å². The molecule has 0 unspecified atom stereocenters. The van der Waals surface area contributed by atoms with Gasteiger partial charge < -0.3 is 9.47 Å². The summed E-state index contributed by atoms with van der Waals surface area (Å²) in [5, 5.41) is 0. The van der Waals surface area contributed by atoms with Crippen LogP contribution >= 0.6 is 0 Å². The molecule has 5 nitrogen and oxygen atoms in total. The van der Waals surface area contributed by atoms with Crippen molar-refractivity contribution in [1.82, 2.24) is 4.90 Å². The second-order valence-electron chi connectivity index (χ2n) is 6.10. The molecule has 2 aliphatic heterocycles. The molecule has 26 heavy (non-hydrogen) atoms. The minimum atomic E-state index is -0.544. The Labute approximate surface area is 151 Å². The van der Waals surface area contributed by atoms with Crippen molar-refractivity contribution in [2.75, 3.05) is 0 Å². The highest BCUT2D eigenvalue weighted by atomic mass is 16.6. The predicted molar refractivity (Wildman–Crippen MR) is 95.7 cm³/mol. The van der Waals surface area contributed by atoms with Gasteiger partial charge in [0.05, 0.1) is 0 Å². The summed E-state index contributed by atoms with van der Waals surface area (Å²) in [4.78, 5) is 25.7. The van der Waals surface area contributed by atoms with E-state index in [0.717, 1.165) is 16.7 Å². The van der Waals surface area contributed by atoms with Crippen molar-refractivity contribution in [2.45, 2.75) is 18.8 Å². The Kier molecular flexibility index (Phi) is 4.27. The summed E-state index contributed by atoms with van der Waals surface area (Å²) >= 11 is 0. The van der Waals surface area contributed by atoms with Gasteiger partial charge in [-0.2, -0.15) is 0 Å². The van der Waals surface area contributed by atoms with Crippen LogP contribution in [0.25, 0.3) is 6.08 Å². The molecule has 0 aliphatic carbocycles. The Morgan fingerprint density at radius 2 is 1.81 bits per heavy atom. The number of hydrogen-bond donors (Lipinski definition) is 0. The molecule has 5 heteroatoms. The zero-order chi connectivity index (χ0) is 17.9. The van der Waals surface area contributed by atoms with Gasteiger partial charge in [0.1, 0.15) is 18.8 Å². The SMILES string of the molecule is O=C1C=C[C@@H]([C@@H]2c3ccccc3C=CN2C(=O)OCc2ccccc2)O1. The summed E-state index contributed by atoms with van der Waals surface area (Å²) < 4.78 is 10.8. The number of benzene rings is 2. The summed E-state index contributed by atoms with van der Waals surface area (Å²) in [7, 11) is 0. The Morgan fingerprint density at radius 3 is 2.58 bits per heavy atom. The first-order valence-corrected chi connectivity index (χ1v) is 8.37. The van der Waals surface area contributed by atoms with Crippen molar-refractivity contribution < 1.29 is 19.1 Å². The largest absolute Gasteiger partial charge is 0.452 e. The molecule has 0 spiro atoms. The fourth-order valence-corrected chi connectivity index (χ4v) is 3.19. The summed E-state index contributed by atoms with van der Waals surface area (Å²) in [5.74, 6) is -0.403. The van der Waals surface area contributed by atoms with Gasteiger partial charge in [0.2, 0.25) is 0 Å². The Balaban J connectivity index is 1.58. The summed E-state index contributed by atoms with van der Waals surface area (Å²) in [6.45, 7) is 0.179. The van der Waals surface area contributed by atoms with Gasteiger partial charge in [-0.05, 0) is 28.8 Å². The van der Waals surface area contributed by atoms with Gasteiger partial charge in [0.25, 0.3) is 0 Å². The van der Waals surface area contributed by atoms with Gasteiger partial charge in [-0.1, -0.05) is 54.6 Å². The first kappa shape index (κ1) is 16.1. The second kappa shape index (κ2) is 6.88. The average Bonchev–Trinajstić information content (AvgIpc) is 3.12. The zero-order valence-electron chi connectivity index (χ0n) is 13.9. The van der Waals surface area contributed by atoms with Crippen LogP contribution in [0.2, 0.25) is 0 Å². The molecule has 130 valence electrons. The molecule has 0 fully saturated rings. The van der Waals surface area contributed by atoms with E-state index in [0.29, 0.717) is 0 Å². The lowest BCUT2D eigenvalue weighted by atomic mass is 9.92. The normalized spacial score (nSPS) is 20.6. The Hall–Kier alpha value is -3.34. The average molecular weight is 347 g/mol. The minimum absolute atomic E-state index is 0.179. The molecule has 0 saturated heterocycles. The smallest absolute Gasteiger partial charge is 0.414 e. The molecular weight excluding hydrogens is 330 g/mol. The molecule has 1 amide bonds. The third kappa shape index (κ3) is 3.11. The van der Waals surface area contributed by atoms with Crippen LogP contribution in [-0.4, -0.2) is 23.1 Å². The number of ether oxygens (including phenoxy) is 2. The molecule has 2 aromatic rings. The van der Waals surface area contributed by atoms with Crippen LogP contribution in [0.1, 0.15) is 22.7 Å². The maximum Gasteiger partial charge on any atom is 0.414 e. The van der Waals surface area contributed by atoms with E-state index in [1.54, 1.807) is 12.3 Å².